The fourth-order valence-electron chi connectivity index (χ4n) is 2.03. The van der Waals surface area contributed by atoms with Gasteiger partial charge in [-0.1, -0.05) is 11.6 Å². The molecule has 0 bridgehead atoms. The minimum Gasteiger partial charge on any atom is -0.370 e. The van der Waals surface area contributed by atoms with Gasteiger partial charge < -0.3 is 15.1 Å². The van der Waals surface area contributed by atoms with E-state index in [4.69, 9.17) is 11.6 Å². The number of halogens is 1. The van der Waals surface area contributed by atoms with Crippen molar-refractivity contribution in [2.45, 2.75) is 20.3 Å². The van der Waals surface area contributed by atoms with E-state index in [9.17, 15) is 4.79 Å². The fraction of sp³-hybridized carbons (Fsp3) is 0.600. The van der Waals surface area contributed by atoms with E-state index in [1.807, 2.05) is 32.8 Å². The summed E-state index contributed by atoms with van der Waals surface area (Å²) in [6, 6.07) is 1.72. The monoisotopic (exact) mass is 312 g/mol. The highest BCUT2D eigenvalue weighted by molar-refractivity contribution is 6.33. The normalized spacial score (nSPS) is 10.8. The molecule has 21 heavy (non-hydrogen) atoms. The third kappa shape index (κ3) is 5.52. The van der Waals surface area contributed by atoms with Crippen LogP contribution in [0.5, 0.6) is 0 Å². The number of hydrogen-bond donors (Lipinski definition) is 1. The maximum atomic E-state index is 12.6. The molecule has 0 saturated carbocycles. The van der Waals surface area contributed by atoms with Gasteiger partial charge in [-0.3, -0.25) is 4.79 Å². The second-order valence-electron chi connectivity index (χ2n) is 5.12. The number of aromatic nitrogens is 1. The maximum Gasteiger partial charge on any atom is 0.255 e. The smallest absolute Gasteiger partial charge is 0.255 e. The molecule has 1 aromatic heterocycles. The van der Waals surface area contributed by atoms with Crippen LogP contribution in [-0.2, 0) is 0 Å². The van der Waals surface area contributed by atoms with Gasteiger partial charge in [-0.05, 0) is 47.0 Å². The van der Waals surface area contributed by atoms with Gasteiger partial charge in [0, 0.05) is 25.8 Å². The van der Waals surface area contributed by atoms with Gasteiger partial charge >= 0.3 is 0 Å². The topological polar surface area (TPSA) is 48.5 Å². The molecular weight excluding hydrogens is 288 g/mol. The predicted molar refractivity (Wildman–Crippen MR) is 88.2 cm³/mol. The second-order valence-corrected chi connectivity index (χ2v) is 5.53. The zero-order chi connectivity index (χ0) is 15.8. The molecule has 0 saturated heterocycles. The number of pyridine rings is 1. The van der Waals surface area contributed by atoms with Crippen LogP contribution in [0.15, 0.2) is 12.3 Å². The SMILES string of the molecule is CCNc1cc(C(=O)N(CC)CCCN(C)C)c(Cl)cn1. The summed E-state index contributed by atoms with van der Waals surface area (Å²) in [5, 5.41) is 3.49. The van der Waals surface area contributed by atoms with Gasteiger partial charge in [-0.15, -0.1) is 0 Å². The molecule has 0 spiro atoms. The van der Waals surface area contributed by atoms with Crippen molar-refractivity contribution in [3.8, 4) is 0 Å². The molecule has 1 N–H and O–H groups in total. The molecule has 0 radical (unpaired) electrons. The van der Waals surface area contributed by atoms with Crippen LogP contribution in [-0.4, -0.2) is 61.0 Å². The lowest BCUT2D eigenvalue weighted by atomic mass is 10.2. The Morgan fingerprint density at radius 3 is 2.62 bits per heavy atom. The first kappa shape index (κ1) is 17.7. The highest BCUT2D eigenvalue weighted by Crippen LogP contribution is 2.20. The lowest BCUT2D eigenvalue weighted by Crippen LogP contribution is -2.33. The Bertz CT molecular complexity index is 465. The number of rotatable bonds is 8. The van der Waals surface area contributed by atoms with Crippen molar-refractivity contribution in [3.05, 3.63) is 22.8 Å². The first-order chi connectivity index (χ1) is 9.99. The average Bonchev–Trinajstić information content (AvgIpc) is 2.45. The summed E-state index contributed by atoms with van der Waals surface area (Å²) in [6.45, 7) is 7.06. The summed E-state index contributed by atoms with van der Waals surface area (Å²) in [4.78, 5) is 20.7. The maximum absolute atomic E-state index is 12.6. The van der Waals surface area contributed by atoms with Crippen molar-refractivity contribution < 1.29 is 4.79 Å². The Balaban J connectivity index is 2.81. The lowest BCUT2D eigenvalue weighted by molar-refractivity contribution is 0.0759. The second kappa shape index (κ2) is 8.85. The van der Waals surface area contributed by atoms with Crippen LogP contribution in [0, 0.1) is 0 Å². The van der Waals surface area contributed by atoms with E-state index in [1.54, 1.807) is 6.07 Å². The van der Waals surface area contributed by atoms with E-state index in [0.29, 0.717) is 22.9 Å². The van der Waals surface area contributed by atoms with Crippen molar-refractivity contribution in [1.29, 1.82) is 0 Å². The summed E-state index contributed by atoms with van der Waals surface area (Å²) < 4.78 is 0. The quantitative estimate of drug-likeness (QED) is 0.801. The van der Waals surface area contributed by atoms with Gasteiger partial charge in [0.05, 0.1) is 10.6 Å². The Kier molecular flexibility index (Phi) is 7.47. The van der Waals surface area contributed by atoms with Crippen LogP contribution in [0.25, 0.3) is 0 Å². The summed E-state index contributed by atoms with van der Waals surface area (Å²) in [7, 11) is 4.06. The van der Waals surface area contributed by atoms with Crippen molar-refractivity contribution in [2.24, 2.45) is 0 Å². The Morgan fingerprint density at radius 1 is 1.33 bits per heavy atom. The number of nitrogens with zero attached hydrogens (tertiary/aromatic N) is 3. The molecule has 1 aromatic rings. The number of hydrogen-bond acceptors (Lipinski definition) is 4. The molecule has 0 aliphatic heterocycles. The van der Waals surface area contributed by atoms with Gasteiger partial charge in [-0.25, -0.2) is 4.98 Å². The van der Waals surface area contributed by atoms with E-state index < -0.39 is 0 Å². The number of carbonyl (C=O) groups excluding carboxylic acids is 1. The highest BCUT2D eigenvalue weighted by Gasteiger charge is 2.18. The summed E-state index contributed by atoms with van der Waals surface area (Å²) in [5.41, 5.74) is 0.509. The van der Waals surface area contributed by atoms with Crippen LogP contribution in [0.4, 0.5) is 5.82 Å². The molecule has 0 aromatic carbocycles. The number of amides is 1. The Morgan fingerprint density at radius 2 is 2.05 bits per heavy atom. The summed E-state index contributed by atoms with van der Waals surface area (Å²) in [5.74, 6) is 0.636. The van der Waals surface area contributed by atoms with E-state index in [-0.39, 0.29) is 5.91 Å². The third-order valence-electron chi connectivity index (χ3n) is 3.15. The zero-order valence-corrected chi connectivity index (χ0v) is 14.1. The first-order valence-electron chi connectivity index (χ1n) is 7.33. The van der Waals surface area contributed by atoms with Crippen molar-refractivity contribution >= 4 is 23.3 Å². The zero-order valence-electron chi connectivity index (χ0n) is 13.3. The largest absolute Gasteiger partial charge is 0.370 e. The molecule has 0 unspecified atom stereocenters. The predicted octanol–water partition coefficient (Wildman–Crippen LogP) is 2.58. The van der Waals surface area contributed by atoms with Crippen LogP contribution in [0.2, 0.25) is 5.02 Å². The third-order valence-corrected chi connectivity index (χ3v) is 3.45. The number of carbonyl (C=O) groups is 1. The van der Waals surface area contributed by atoms with Crippen LogP contribution in [0.3, 0.4) is 0 Å². The summed E-state index contributed by atoms with van der Waals surface area (Å²) in [6.07, 6.45) is 2.47. The molecule has 1 rings (SSSR count). The molecular formula is C15H25ClN4O. The molecule has 6 heteroatoms. The molecule has 1 heterocycles. The molecule has 0 fully saturated rings. The molecule has 0 atom stereocenters. The van der Waals surface area contributed by atoms with E-state index in [2.05, 4.69) is 15.2 Å². The molecule has 1 amide bonds. The van der Waals surface area contributed by atoms with Gasteiger partial charge in [0.15, 0.2) is 0 Å². The number of nitrogens with one attached hydrogen (secondary N) is 1. The molecule has 0 aliphatic rings. The molecule has 5 nitrogen and oxygen atoms in total. The van der Waals surface area contributed by atoms with E-state index in [0.717, 1.165) is 26.1 Å². The van der Waals surface area contributed by atoms with Crippen molar-refractivity contribution in [3.63, 3.8) is 0 Å². The summed E-state index contributed by atoms with van der Waals surface area (Å²) >= 11 is 6.13. The van der Waals surface area contributed by atoms with Gasteiger partial charge in [-0.2, -0.15) is 0 Å². The molecule has 118 valence electrons. The first-order valence-corrected chi connectivity index (χ1v) is 7.70. The van der Waals surface area contributed by atoms with Gasteiger partial charge in [0.2, 0.25) is 0 Å². The van der Waals surface area contributed by atoms with E-state index in [1.165, 1.54) is 6.20 Å². The van der Waals surface area contributed by atoms with Crippen molar-refractivity contribution in [2.75, 3.05) is 45.6 Å². The Labute approximate surface area is 132 Å². The lowest BCUT2D eigenvalue weighted by Gasteiger charge is -2.22. The highest BCUT2D eigenvalue weighted by atomic mass is 35.5. The van der Waals surface area contributed by atoms with Crippen LogP contribution >= 0.6 is 11.6 Å². The van der Waals surface area contributed by atoms with Gasteiger partial charge in [0.25, 0.3) is 5.91 Å². The van der Waals surface area contributed by atoms with Crippen LogP contribution < -0.4 is 5.32 Å². The standard InChI is InChI=1S/C15H25ClN4O/c1-5-17-14-10-12(13(16)11-18-14)15(21)20(6-2)9-7-8-19(3)4/h10-11H,5-9H2,1-4H3,(H,17,18). The minimum atomic E-state index is -0.0391. The minimum absolute atomic E-state index is 0.0391. The van der Waals surface area contributed by atoms with Gasteiger partial charge in [0.1, 0.15) is 5.82 Å². The molecule has 0 aliphatic carbocycles. The van der Waals surface area contributed by atoms with Crippen LogP contribution in [0.1, 0.15) is 30.6 Å². The Hall–Kier alpha value is -1.33. The average molecular weight is 313 g/mol. The number of anilines is 1. The van der Waals surface area contributed by atoms with Crippen molar-refractivity contribution in [1.82, 2.24) is 14.8 Å². The fourth-order valence-corrected chi connectivity index (χ4v) is 2.22. The van der Waals surface area contributed by atoms with E-state index >= 15 is 0 Å².